The fourth-order valence-electron chi connectivity index (χ4n) is 3.38. The lowest BCUT2D eigenvalue weighted by Crippen LogP contribution is -3.29. The number of nitrogens with one attached hydrogen (secondary N) is 2. The highest BCUT2D eigenvalue weighted by atomic mass is 16.5. The number of benzene rings is 1. The third-order valence-corrected chi connectivity index (χ3v) is 5.14. The Labute approximate surface area is 140 Å². The molecule has 130 valence electrons. The van der Waals surface area contributed by atoms with Crippen molar-refractivity contribution < 1.29 is 24.0 Å². The van der Waals surface area contributed by atoms with Crippen molar-refractivity contribution in [1.29, 1.82) is 0 Å². The van der Waals surface area contributed by atoms with Gasteiger partial charge in [0.15, 0.2) is 11.5 Å². The van der Waals surface area contributed by atoms with Crippen LogP contribution in [-0.4, -0.2) is 53.6 Å². The van der Waals surface area contributed by atoms with Crippen molar-refractivity contribution in [2.24, 2.45) is 0 Å². The Morgan fingerprint density at radius 2 is 1.48 bits per heavy atom. The molecule has 0 bridgehead atoms. The molecule has 5 heteroatoms. The second kappa shape index (κ2) is 8.41. The predicted molar refractivity (Wildman–Crippen MR) is 90.9 cm³/mol. The number of piperazine rings is 1. The zero-order chi connectivity index (χ0) is 16.8. The van der Waals surface area contributed by atoms with E-state index in [1.165, 1.54) is 38.2 Å². The van der Waals surface area contributed by atoms with Crippen LogP contribution in [0.2, 0.25) is 0 Å². The van der Waals surface area contributed by atoms with E-state index in [1.54, 1.807) is 31.1 Å². The van der Waals surface area contributed by atoms with Crippen molar-refractivity contribution in [3.63, 3.8) is 0 Å². The minimum atomic E-state index is 0.717. The molecule has 5 nitrogen and oxygen atoms in total. The molecule has 0 amide bonds. The molecule has 1 saturated heterocycles. The number of methoxy groups -OCH3 is 3. The third kappa shape index (κ3) is 4.30. The minimum Gasteiger partial charge on any atom is -0.496 e. The van der Waals surface area contributed by atoms with Gasteiger partial charge in [-0.1, -0.05) is 6.92 Å². The van der Waals surface area contributed by atoms with Crippen LogP contribution in [0.5, 0.6) is 17.2 Å². The molecule has 23 heavy (non-hydrogen) atoms. The van der Waals surface area contributed by atoms with Crippen LogP contribution in [0.25, 0.3) is 0 Å². The maximum absolute atomic E-state index is 5.55. The molecule has 1 aliphatic rings. The van der Waals surface area contributed by atoms with Crippen molar-refractivity contribution in [2.75, 3.05) is 47.5 Å². The van der Waals surface area contributed by atoms with Crippen LogP contribution in [0.3, 0.4) is 0 Å². The van der Waals surface area contributed by atoms with Crippen LogP contribution < -0.4 is 24.0 Å². The lowest BCUT2D eigenvalue weighted by Gasteiger charge is -2.33. The molecule has 0 aliphatic carbocycles. The molecular weight excluding hydrogens is 292 g/mol. The second-order valence-electron chi connectivity index (χ2n) is 6.41. The summed E-state index contributed by atoms with van der Waals surface area (Å²) in [4.78, 5) is 3.36. The van der Waals surface area contributed by atoms with Gasteiger partial charge in [-0.25, -0.2) is 0 Å². The summed E-state index contributed by atoms with van der Waals surface area (Å²) in [5.74, 6) is 2.37. The normalized spacial score (nSPS) is 22.5. The zero-order valence-corrected chi connectivity index (χ0v) is 15.2. The summed E-state index contributed by atoms with van der Waals surface area (Å²) in [6, 6.07) is 4.75. The Bertz CT molecular complexity index is 499. The lowest BCUT2D eigenvalue weighted by molar-refractivity contribution is -1.03. The Balaban J connectivity index is 2.05. The van der Waals surface area contributed by atoms with Crippen LogP contribution in [0.1, 0.15) is 25.8 Å². The standard InChI is InChI=1S/C18H30N2O3/c1-6-14(2)20-9-7-19(8-10-20)13-15-11-17(22-4)18(23-5)12-16(15)21-3/h11-12,14H,6-10,13H2,1-5H3/p+2/t14-/m1/s1. The van der Waals surface area contributed by atoms with Crippen LogP contribution in [0.4, 0.5) is 0 Å². The molecule has 1 atom stereocenters. The van der Waals surface area contributed by atoms with E-state index in [4.69, 9.17) is 14.2 Å². The smallest absolute Gasteiger partial charge is 0.164 e. The highest BCUT2D eigenvalue weighted by Gasteiger charge is 2.27. The molecule has 0 radical (unpaired) electrons. The Morgan fingerprint density at radius 3 is 2.00 bits per heavy atom. The van der Waals surface area contributed by atoms with Gasteiger partial charge in [0, 0.05) is 6.07 Å². The molecule has 2 rings (SSSR count). The first-order valence-corrected chi connectivity index (χ1v) is 8.59. The highest BCUT2D eigenvalue weighted by Crippen LogP contribution is 2.34. The summed E-state index contributed by atoms with van der Waals surface area (Å²) >= 11 is 0. The van der Waals surface area contributed by atoms with Crippen molar-refractivity contribution in [3.05, 3.63) is 17.7 Å². The number of rotatable bonds is 7. The quantitative estimate of drug-likeness (QED) is 0.729. The lowest BCUT2D eigenvalue weighted by atomic mass is 10.1. The highest BCUT2D eigenvalue weighted by molar-refractivity contribution is 5.50. The van der Waals surface area contributed by atoms with E-state index < -0.39 is 0 Å². The van der Waals surface area contributed by atoms with Gasteiger partial charge in [0.25, 0.3) is 0 Å². The van der Waals surface area contributed by atoms with E-state index in [2.05, 4.69) is 19.9 Å². The molecule has 1 heterocycles. The molecule has 2 N–H and O–H groups in total. The summed E-state index contributed by atoms with van der Waals surface area (Å²) in [5.41, 5.74) is 1.19. The van der Waals surface area contributed by atoms with Crippen molar-refractivity contribution >= 4 is 0 Å². The maximum atomic E-state index is 5.55. The summed E-state index contributed by atoms with van der Waals surface area (Å²) in [7, 11) is 5.04. The van der Waals surface area contributed by atoms with Gasteiger partial charge < -0.3 is 24.0 Å². The van der Waals surface area contributed by atoms with Gasteiger partial charge in [0.1, 0.15) is 38.5 Å². The van der Waals surface area contributed by atoms with Crippen molar-refractivity contribution in [2.45, 2.75) is 32.9 Å². The van der Waals surface area contributed by atoms with Crippen LogP contribution in [0, 0.1) is 0 Å². The van der Waals surface area contributed by atoms with Gasteiger partial charge in [-0.3, -0.25) is 0 Å². The van der Waals surface area contributed by atoms with Gasteiger partial charge in [-0.05, 0) is 19.4 Å². The van der Waals surface area contributed by atoms with E-state index in [1.807, 2.05) is 6.07 Å². The fraction of sp³-hybridized carbons (Fsp3) is 0.667. The Kier molecular flexibility index (Phi) is 6.54. The molecule has 0 spiro atoms. The van der Waals surface area contributed by atoms with E-state index in [0.717, 1.165) is 24.1 Å². The Morgan fingerprint density at radius 1 is 0.913 bits per heavy atom. The molecule has 0 aromatic heterocycles. The first-order chi connectivity index (χ1) is 11.1. The fourth-order valence-corrected chi connectivity index (χ4v) is 3.38. The van der Waals surface area contributed by atoms with Crippen molar-refractivity contribution in [3.8, 4) is 17.2 Å². The summed E-state index contributed by atoms with van der Waals surface area (Å²) in [5, 5.41) is 0. The number of hydrogen-bond donors (Lipinski definition) is 2. The van der Waals surface area contributed by atoms with Crippen LogP contribution in [-0.2, 0) is 6.54 Å². The van der Waals surface area contributed by atoms with Gasteiger partial charge in [-0.15, -0.1) is 0 Å². The van der Waals surface area contributed by atoms with Gasteiger partial charge >= 0.3 is 0 Å². The topological polar surface area (TPSA) is 36.6 Å². The summed E-state index contributed by atoms with van der Waals surface area (Å²) in [6.45, 7) is 10.5. The minimum absolute atomic E-state index is 0.717. The summed E-state index contributed by atoms with van der Waals surface area (Å²) in [6.07, 6.45) is 1.26. The van der Waals surface area contributed by atoms with E-state index in [0.29, 0.717) is 5.75 Å². The van der Waals surface area contributed by atoms with Crippen molar-refractivity contribution in [1.82, 2.24) is 0 Å². The average molecular weight is 324 g/mol. The SMILES string of the molecule is CC[C@@H](C)[NH+]1CC[NH+](Cc2cc(OC)c(OC)cc2OC)CC1. The van der Waals surface area contributed by atoms with E-state index in [-0.39, 0.29) is 0 Å². The molecule has 1 aliphatic heterocycles. The number of quaternary nitrogens is 2. The average Bonchev–Trinajstić information content (AvgIpc) is 2.61. The van der Waals surface area contributed by atoms with Gasteiger partial charge in [-0.2, -0.15) is 0 Å². The first-order valence-electron chi connectivity index (χ1n) is 8.59. The number of ether oxygens (including phenoxy) is 3. The molecule has 0 saturated carbocycles. The zero-order valence-electron chi connectivity index (χ0n) is 15.2. The van der Waals surface area contributed by atoms with E-state index in [9.17, 15) is 0 Å². The van der Waals surface area contributed by atoms with Crippen LogP contribution >= 0.6 is 0 Å². The largest absolute Gasteiger partial charge is 0.496 e. The molecule has 1 fully saturated rings. The molecule has 0 unspecified atom stereocenters. The maximum Gasteiger partial charge on any atom is 0.164 e. The first kappa shape index (κ1) is 17.9. The third-order valence-electron chi connectivity index (χ3n) is 5.14. The number of hydrogen-bond acceptors (Lipinski definition) is 3. The van der Waals surface area contributed by atoms with Gasteiger partial charge in [0.05, 0.1) is 32.9 Å². The molecule has 1 aromatic carbocycles. The monoisotopic (exact) mass is 324 g/mol. The second-order valence-corrected chi connectivity index (χ2v) is 6.41. The molecular formula is C18H32N2O3+2. The van der Waals surface area contributed by atoms with E-state index >= 15 is 0 Å². The predicted octanol–water partition coefficient (Wildman–Crippen LogP) is -0.206. The molecule has 1 aromatic rings. The van der Waals surface area contributed by atoms with Crippen LogP contribution in [0.15, 0.2) is 12.1 Å². The summed E-state index contributed by atoms with van der Waals surface area (Å²) < 4.78 is 16.3. The van der Waals surface area contributed by atoms with Gasteiger partial charge in [0.2, 0.25) is 0 Å². The Hall–Kier alpha value is -1.46.